The quantitative estimate of drug-likeness (QED) is 0.459. The van der Waals surface area contributed by atoms with Crippen LogP contribution in [0.2, 0.25) is 0 Å². The maximum atomic E-state index is 4.48. The van der Waals surface area contributed by atoms with Gasteiger partial charge in [0.25, 0.3) is 0 Å². The van der Waals surface area contributed by atoms with Crippen LogP contribution in [0.15, 0.2) is 103 Å². The summed E-state index contributed by atoms with van der Waals surface area (Å²) in [6.07, 6.45) is 14.6. The second-order valence-electron chi connectivity index (χ2n) is 7.96. The number of aromatic nitrogens is 1. The third-order valence-corrected chi connectivity index (χ3v) is 5.61. The number of hydrogen-bond donors (Lipinski definition) is 0. The minimum atomic E-state index is 0.874. The highest BCUT2D eigenvalue weighted by Gasteiger charge is 2.13. The SMILES string of the molecule is C=CC(=C)N(C)c1cccc(C2=CC(=C(C)C)/C(c3ccnc(CC)c3)=C\CC=C2)c1. The van der Waals surface area contributed by atoms with Crippen molar-refractivity contribution in [2.24, 2.45) is 0 Å². The van der Waals surface area contributed by atoms with Crippen LogP contribution >= 0.6 is 0 Å². The molecule has 0 spiro atoms. The van der Waals surface area contributed by atoms with E-state index >= 15 is 0 Å². The van der Waals surface area contributed by atoms with Crippen LogP contribution in [-0.4, -0.2) is 12.0 Å². The van der Waals surface area contributed by atoms with Gasteiger partial charge in [-0.1, -0.05) is 56.0 Å². The predicted molar refractivity (Wildman–Crippen MR) is 136 cm³/mol. The smallest absolute Gasteiger partial charge is 0.0414 e. The fourth-order valence-corrected chi connectivity index (χ4v) is 3.67. The van der Waals surface area contributed by atoms with Gasteiger partial charge in [0.2, 0.25) is 0 Å². The van der Waals surface area contributed by atoms with Crippen molar-refractivity contribution >= 4 is 16.8 Å². The van der Waals surface area contributed by atoms with E-state index < -0.39 is 0 Å². The summed E-state index contributed by atoms with van der Waals surface area (Å²) in [5.74, 6) is 0. The molecule has 0 radical (unpaired) electrons. The Morgan fingerprint density at radius 3 is 2.68 bits per heavy atom. The van der Waals surface area contributed by atoms with Crippen LogP contribution in [0.4, 0.5) is 5.69 Å². The van der Waals surface area contributed by atoms with Crippen molar-refractivity contribution in [3.8, 4) is 0 Å². The second kappa shape index (κ2) is 10.1. The van der Waals surface area contributed by atoms with Gasteiger partial charge in [-0.3, -0.25) is 4.98 Å². The molecule has 3 rings (SSSR count). The number of pyridine rings is 1. The maximum absolute atomic E-state index is 4.48. The molecule has 0 bridgehead atoms. The molecule has 0 N–H and O–H groups in total. The van der Waals surface area contributed by atoms with E-state index in [2.05, 4.69) is 105 Å². The first-order chi connectivity index (χ1) is 14.9. The standard InChI is InChI=1S/C29H32N2/c1-7-22(5)31(6)27-14-11-13-23(19-27)24-12-9-10-15-28(29(20-24)21(3)4)25-16-17-30-26(8-2)18-25/h7,9,11-20H,1,5,8,10H2,2-4,6H3/b12-9?,24-20?,28-15-. The van der Waals surface area contributed by atoms with E-state index in [0.29, 0.717) is 0 Å². The molecule has 1 aromatic carbocycles. The monoisotopic (exact) mass is 408 g/mol. The van der Waals surface area contributed by atoms with Gasteiger partial charge in [0, 0.05) is 30.3 Å². The number of anilines is 1. The molecule has 1 heterocycles. The van der Waals surface area contributed by atoms with Gasteiger partial charge in [-0.2, -0.15) is 0 Å². The van der Waals surface area contributed by atoms with Crippen molar-refractivity contribution < 1.29 is 0 Å². The number of likely N-dealkylation sites (N-methyl/N-ethyl adjacent to an activating group) is 1. The highest BCUT2D eigenvalue weighted by molar-refractivity contribution is 5.89. The molecule has 0 atom stereocenters. The molecule has 31 heavy (non-hydrogen) atoms. The van der Waals surface area contributed by atoms with E-state index in [1.807, 2.05) is 13.2 Å². The van der Waals surface area contributed by atoms with Gasteiger partial charge in [0.05, 0.1) is 0 Å². The Kier molecular flexibility index (Phi) is 7.25. The lowest BCUT2D eigenvalue weighted by Gasteiger charge is -2.21. The highest BCUT2D eigenvalue weighted by atomic mass is 15.1. The predicted octanol–water partition coefficient (Wildman–Crippen LogP) is 7.54. The second-order valence-corrected chi connectivity index (χ2v) is 7.96. The fourth-order valence-electron chi connectivity index (χ4n) is 3.67. The zero-order valence-corrected chi connectivity index (χ0v) is 19.2. The minimum Gasteiger partial charge on any atom is -0.345 e. The van der Waals surface area contributed by atoms with Gasteiger partial charge in [-0.25, -0.2) is 0 Å². The van der Waals surface area contributed by atoms with Gasteiger partial charge >= 0.3 is 0 Å². The van der Waals surface area contributed by atoms with Gasteiger partial charge in [0.15, 0.2) is 0 Å². The molecule has 1 aromatic heterocycles. The highest BCUT2D eigenvalue weighted by Crippen LogP contribution is 2.33. The lowest BCUT2D eigenvalue weighted by Crippen LogP contribution is -2.13. The molecule has 0 saturated heterocycles. The molecule has 2 heteroatoms. The van der Waals surface area contributed by atoms with E-state index in [9.17, 15) is 0 Å². The number of nitrogens with zero attached hydrogens (tertiary/aromatic N) is 2. The molecule has 2 nitrogen and oxygen atoms in total. The van der Waals surface area contributed by atoms with Crippen LogP contribution in [0.5, 0.6) is 0 Å². The molecule has 0 saturated carbocycles. The first-order valence-electron chi connectivity index (χ1n) is 10.8. The van der Waals surface area contributed by atoms with Gasteiger partial charge in [0.1, 0.15) is 0 Å². The third kappa shape index (κ3) is 5.21. The Hall–Kier alpha value is -3.39. The Morgan fingerprint density at radius 1 is 1.16 bits per heavy atom. The van der Waals surface area contributed by atoms with Crippen molar-refractivity contribution in [3.63, 3.8) is 0 Å². The maximum Gasteiger partial charge on any atom is 0.0414 e. The molecule has 1 aliphatic carbocycles. The normalized spacial score (nSPS) is 15.3. The number of hydrogen-bond acceptors (Lipinski definition) is 2. The average molecular weight is 409 g/mol. The molecule has 0 fully saturated rings. The summed E-state index contributed by atoms with van der Waals surface area (Å²) in [6, 6.07) is 12.9. The first-order valence-corrected chi connectivity index (χ1v) is 10.8. The van der Waals surface area contributed by atoms with Gasteiger partial charge in [-0.05, 0) is 91.0 Å². The molecule has 2 aromatic rings. The van der Waals surface area contributed by atoms with Crippen LogP contribution in [0.3, 0.4) is 0 Å². The lowest BCUT2D eigenvalue weighted by molar-refractivity contribution is 1.03. The summed E-state index contributed by atoms with van der Waals surface area (Å²) in [7, 11) is 2.02. The average Bonchev–Trinajstić information content (AvgIpc) is 2.78. The summed E-state index contributed by atoms with van der Waals surface area (Å²) in [5.41, 5.74) is 10.5. The molecule has 158 valence electrons. The van der Waals surface area contributed by atoms with Crippen molar-refractivity contribution in [2.75, 3.05) is 11.9 Å². The van der Waals surface area contributed by atoms with Gasteiger partial charge in [-0.15, -0.1) is 0 Å². The van der Waals surface area contributed by atoms with Crippen LogP contribution in [0.25, 0.3) is 11.1 Å². The summed E-state index contributed by atoms with van der Waals surface area (Å²) in [4.78, 5) is 6.54. The van der Waals surface area contributed by atoms with E-state index in [0.717, 1.165) is 29.9 Å². The Balaban J connectivity index is 2.08. The van der Waals surface area contributed by atoms with Crippen molar-refractivity contribution in [1.29, 1.82) is 0 Å². The zero-order chi connectivity index (χ0) is 22.4. The summed E-state index contributed by atoms with van der Waals surface area (Å²) >= 11 is 0. The van der Waals surface area contributed by atoms with Crippen LogP contribution in [-0.2, 0) is 6.42 Å². The summed E-state index contributed by atoms with van der Waals surface area (Å²) in [5, 5.41) is 0. The molecular formula is C29H32N2. The molecule has 0 aliphatic heterocycles. The van der Waals surface area contributed by atoms with E-state index in [1.165, 1.54) is 33.4 Å². The van der Waals surface area contributed by atoms with Gasteiger partial charge < -0.3 is 4.90 Å². The van der Waals surface area contributed by atoms with Crippen molar-refractivity contribution in [3.05, 3.63) is 120 Å². The largest absolute Gasteiger partial charge is 0.345 e. The number of aryl methyl sites for hydroxylation is 1. The molecule has 0 unspecified atom stereocenters. The van der Waals surface area contributed by atoms with Crippen LogP contribution in [0, 0.1) is 0 Å². The zero-order valence-electron chi connectivity index (χ0n) is 19.2. The number of benzene rings is 1. The van der Waals surface area contributed by atoms with Crippen LogP contribution < -0.4 is 4.90 Å². The van der Waals surface area contributed by atoms with E-state index in [4.69, 9.17) is 0 Å². The fraction of sp³-hybridized carbons (Fsp3) is 0.207. The minimum absolute atomic E-state index is 0.874. The summed E-state index contributed by atoms with van der Waals surface area (Å²) < 4.78 is 0. The third-order valence-electron chi connectivity index (χ3n) is 5.61. The summed E-state index contributed by atoms with van der Waals surface area (Å²) in [6.45, 7) is 14.4. The van der Waals surface area contributed by atoms with E-state index in [1.54, 1.807) is 6.08 Å². The van der Waals surface area contributed by atoms with Crippen molar-refractivity contribution in [1.82, 2.24) is 4.98 Å². The van der Waals surface area contributed by atoms with Crippen molar-refractivity contribution in [2.45, 2.75) is 33.6 Å². The number of rotatable bonds is 6. The lowest BCUT2D eigenvalue weighted by atomic mass is 9.89. The molecule has 0 amide bonds. The van der Waals surface area contributed by atoms with E-state index in [-0.39, 0.29) is 0 Å². The van der Waals surface area contributed by atoms with Crippen LogP contribution in [0.1, 0.15) is 44.0 Å². The molecule has 1 aliphatic rings. The number of allylic oxidation sites excluding steroid dienone is 9. The topological polar surface area (TPSA) is 16.1 Å². The Labute approximate surface area is 187 Å². The Bertz CT molecular complexity index is 1110. The first kappa shape index (κ1) is 22.3. The Morgan fingerprint density at radius 2 is 1.97 bits per heavy atom. The molecular weight excluding hydrogens is 376 g/mol.